The van der Waals surface area contributed by atoms with Crippen LogP contribution in [0.3, 0.4) is 0 Å². The Morgan fingerprint density at radius 3 is 3.06 bits per heavy atom. The third-order valence-electron chi connectivity index (χ3n) is 2.70. The van der Waals surface area contributed by atoms with Gasteiger partial charge in [0.15, 0.2) is 6.10 Å². The minimum Gasteiger partial charge on any atom is -0.361 e. The van der Waals surface area contributed by atoms with Gasteiger partial charge in [-0.3, -0.25) is 4.90 Å². The highest BCUT2D eigenvalue weighted by molar-refractivity contribution is 6.33. The van der Waals surface area contributed by atoms with E-state index < -0.39 is 0 Å². The summed E-state index contributed by atoms with van der Waals surface area (Å²) in [5, 5.41) is 10.2. The van der Waals surface area contributed by atoms with Gasteiger partial charge in [0.05, 0.1) is 12.7 Å². The van der Waals surface area contributed by atoms with E-state index in [1.165, 1.54) is 0 Å². The van der Waals surface area contributed by atoms with Crippen LogP contribution in [0, 0.1) is 11.3 Å². The summed E-state index contributed by atoms with van der Waals surface area (Å²) in [6.07, 6.45) is -0.346. The van der Waals surface area contributed by atoms with Crippen molar-refractivity contribution in [2.45, 2.75) is 12.6 Å². The second-order valence-electron chi connectivity index (χ2n) is 3.96. The van der Waals surface area contributed by atoms with Crippen molar-refractivity contribution in [2.24, 2.45) is 0 Å². The molecule has 0 saturated carbocycles. The molecule has 1 aliphatic heterocycles. The highest BCUT2D eigenvalue weighted by atomic mass is 35.5. The van der Waals surface area contributed by atoms with Gasteiger partial charge in [0.2, 0.25) is 0 Å². The Balaban J connectivity index is 2.05. The quantitative estimate of drug-likeness (QED) is 0.829. The number of morpholine rings is 1. The lowest BCUT2D eigenvalue weighted by Gasteiger charge is -2.29. The van der Waals surface area contributed by atoms with E-state index in [9.17, 15) is 0 Å². The molecule has 1 saturated heterocycles. The van der Waals surface area contributed by atoms with Gasteiger partial charge in [-0.1, -0.05) is 23.2 Å². The smallest absolute Gasteiger partial charge is 0.156 e. The van der Waals surface area contributed by atoms with Gasteiger partial charge in [-0.15, -0.1) is 0 Å². The summed E-state index contributed by atoms with van der Waals surface area (Å²) < 4.78 is 5.29. The SMILES string of the molecule is N#CC1CN(Cc2cc(Cl)ccc2Cl)CCO1. The van der Waals surface area contributed by atoms with Crippen LogP contribution in [0.1, 0.15) is 5.56 Å². The van der Waals surface area contributed by atoms with Crippen LogP contribution in [0.25, 0.3) is 0 Å². The van der Waals surface area contributed by atoms with Gasteiger partial charge in [0.25, 0.3) is 0 Å². The van der Waals surface area contributed by atoms with Crippen LogP contribution in [-0.2, 0) is 11.3 Å². The Morgan fingerprint density at radius 2 is 2.29 bits per heavy atom. The van der Waals surface area contributed by atoms with E-state index in [0.29, 0.717) is 29.7 Å². The lowest BCUT2D eigenvalue weighted by molar-refractivity contribution is -0.00268. The molecule has 1 aromatic carbocycles. The van der Waals surface area contributed by atoms with E-state index in [2.05, 4.69) is 11.0 Å². The molecule has 1 aromatic rings. The first kappa shape index (κ1) is 12.7. The molecular weight excluding hydrogens is 259 g/mol. The molecule has 0 radical (unpaired) electrons. The highest BCUT2D eigenvalue weighted by Gasteiger charge is 2.20. The molecule has 1 unspecified atom stereocenters. The number of benzene rings is 1. The molecule has 1 heterocycles. The largest absolute Gasteiger partial charge is 0.361 e. The zero-order chi connectivity index (χ0) is 12.3. The van der Waals surface area contributed by atoms with Crippen molar-refractivity contribution in [3.05, 3.63) is 33.8 Å². The van der Waals surface area contributed by atoms with Gasteiger partial charge >= 0.3 is 0 Å². The van der Waals surface area contributed by atoms with Gasteiger partial charge in [-0.05, 0) is 23.8 Å². The maximum atomic E-state index is 8.82. The molecule has 17 heavy (non-hydrogen) atoms. The molecule has 0 aromatic heterocycles. The predicted molar refractivity (Wildman–Crippen MR) is 67.1 cm³/mol. The number of halogens is 2. The number of ether oxygens (including phenoxy) is 1. The topological polar surface area (TPSA) is 36.3 Å². The molecular formula is C12H12Cl2N2O. The van der Waals surface area contributed by atoms with E-state index in [0.717, 1.165) is 12.1 Å². The first-order chi connectivity index (χ1) is 8.19. The second kappa shape index (κ2) is 5.70. The molecule has 0 amide bonds. The number of hydrogen-bond donors (Lipinski definition) is 0. The lowest BCUT2D eigenvalue weighted by atomic mass is 10.2. The molecule has 0 N–H and O–H groups in total. The minimum absolute atomic E-state index is 0.346. The summed E-state index contributed by atoms with van der Waals surface area (Å²) in [4.78, 5) is 2.15. The Hall–Kier alpha value is -0.790. The first-order valence-electron chi connectivity index (χ1n) is 5.36. The van der Waals surface area contributed by atoms with Gasteiger partial charge in [-0.25, -0.2) is 0 Å². The molecule has 0 spiro atoms. The number of rotatable bonds is 2. The van der Waals surface area contributed by atoms with Gasteiger partial charge in [0, 0.05) is 29.7 Å². The average molecular weight is 271 g/mol. The molecule has 1 aliphatic rings. The zero-order valence-corrected chi connectivity index (χ0v) is 10.7. The fraction of sp³-hybridized carbons (Fsp3) is 0.417. The Bertz CT molecular complexity index is 445. The Morgan fingerprint density at radius 1 is 1.47 bits per heavy atom. The summed E-state index contributed by atoms with van der Waals surface area (Å²) in [6, 6.07) is 7.55. The van der Waals surface area contributed by atoms with Crippen LogP contribution >= 0.6 is 23.2 Å². The fourth-order valence-electron chi connectivity index (χ4n) is 1.83. The molecule has 1 fully saturated rings. The average Bonchev–Trinajstić information content (AvgIpc) is 2.34. The standard InChI is InChI=1S/C12H12Cl2N2O/c13-10-1-2-12(14)9(5-10)7-16-3-4-17-11(6-15)8-16/h1-2,5,11H,3-4,7-8H2. The molecule has 0 aliphatic carbocycles. The van der Waals surface area contributed by atoms with Crippen LogP contribution in [0.2, 0.25) is 10.0 Å². The van der Waals surface area contributed by atoms with E-state index in [-0.39, 0.29) is 6.10 Å². The van der Waals surface area contributed by atoms with Gasteiger partial charge < -0.3 is 4.74 Å². The van der Waals surface area contributed by atoms with Crippen molar-refractivity contribution in [2.75, 3.05) is 19.7 Å². The first-order valence-corrected chi connectivity index (χ1v) is 6.12. The molecule has 3 nitrogen and oxygen atoms in total. The Labute approximate surface area is 110 Å². The second-order valence-corrected chi connectivity index (χ2v) is 4.80. The summed E-state index contributed by atoms with van der Waals surface area (Å²) in [5.74, 6) is 0. The minimum atomic E-state index is -0.346. The van der Waals surface area contributed by atoms with Crippen molar-refractivity contribution in [3.63, 3.8) is 0 Å². The maximum absolute atomic E-state index is 8.82. The third-order valence-corrected chi connectivity index (χ3v) is 3.30. The number of nitrogens with zero attached hydrogens (tertiary/aromatic N) is 2. The predicted octanol–water partition coefficient (Wildman–Crippen LogP) is 2.72. The third kappa shape index (κ3) is 3.34. The molecule has 0 bridgehead atoms. The Kier molecular flexibility index (Phi) is 4.25. The molecule has 1 atom stereocenters. The van der Waals surface area contributed by atoms with Crippen LogP contribution in [0.4, 0.5) is 0 Å². The molecule has 5 heteroatoms. The van der Waals surface area contributed by atoms with Crippen LogP contribution in [-0.4, -0.2) is 30.7 Å². The van der Waals surface area contributed by atoms with E-state index >= 15 is 0 Å². The monoisotopic (exact) mass is 270 g/mol. The van der Waals surface area contributed by atoms with Crippen molar-refractivity contribution in [1.82, 2.24) is 4.90 Å². The summed E-state index contributed by atoms with van der Waals surface area (Å²) in [6.45, 7) is 2.69. The van der Waals surface area contributed by atoms with E-state index in [1.54, 1.807) is 12.1 Å². The fourth-order valence-corrected chi connectivity index (χ4v) is 2.20. The van der Waals surface area contributed by atoms with Crippen molar-refractivity contribution < 1.29 is 4.74 Å². The van der Waals surface area contributed by atoms with Crippen LogP contribution in [0.5, 0.6) is 0 Å². The highest BCUT2D eigenvalue weighted by Crippen LogP contribution is 2.22. The summed E-state index contributed by atoms with van der Waals surface area (Å²) in [5.41, 5.74) is 0.984. The van der Waals surface area contributed by atoms with Crippen LogP contribution < -0.4 is 0 Å². The van der Waals surface area contributed by atoms with Crippen molar-refractivity contribution in [1.29, 1.82) is 5.26 Å². The lowest BCUT2D eigenvalue weighted by Crippen LogP contribution is -2.41. The van der Waals surface area contributed by atoms with Gasteiger partial charge in [0.1, 0.15) is 0 Å². The number of hydrogen-bond acceptors (Lipinski definition) is 3. The maximum Gasteiger partial charge on any atom is 0.156 e. The summed E-state index contributed by atoms with van der Waals surface area (Å²) >= 11 is 12.0. The number of nitriles is 1. The van der Waals surface area contributed by atoms with Crippen molar-refractivity contribution in [3.8, 4) is 6.07 Å². The zero-order valence-electron chi connectivity index (χ0n) is 9.20. The van der Waals surface area contributed by atoms with Gasteiger partial charge in [-0.2, -0.15) is 5.26 Å². The van der Waals surface area contributed by atoms with E-state index in [1.807, 2.05) is 6.07 Å². The normalized spacial score (nSPS) is 21.1. The molecule has 2 rings (SSSR count). The van der Waals surface area contributed by atoms with E-state index in [4.69, 9.17) is 33.2 Å². The van der Waals surface area contributed by atoms with Crippen molar-refractivity contribution >= 4 is 23.2 Å². The summed E-state index contributed by atoms with van der Waals surface area (Å²) in [7, 11) is 0. The van der Waals surface area contributed by atoms with Crippen LogP contribution in [0.15, 0.2) is 18.2 Å². The molecule has 90 valence electrons.